The third-order valence-electron chi connectivity index (χ3n) is 3.33. The highest BCUT2D eigenvalue weighted by Gasteiger charge is 2.25. The van der Waals surface area contributed by atoms with Crippen LogP contribution in [0.2, 0.25) is 0 Å². The maximum atomic E-state index is 8.94. The Kier molecular flexibility index (Phi) is 3.28. The van der Waals surface area contributed by atoms with E-state index in [-0.39, 0.29) is 0 Å². The summed E-state index contributed by atoms with van der Waals surface area (Å²) in [6, 6.07) is 4.28. The van der Waals surface area contributed by atoms with Gasteiger partial charge >= 0.3 is 0 Å². The first-order chi connectivity index (χ1) is 8.10. The minimum atomic E-state index is 0.456. The van der Waals surface area contributed by atoms with E-state index in [0.29, 0.717) is 23.6 Å². The molecule has 0 amide bonds. The van der Waals surface area contributed by atoms with Gasteiger partial charge in [-0.1, -0.05) is 6.92 Å². The van der Waals surface area contributed by atoms with Crippen molar-refractivity contribution >= 4 is 5.95 Å². The van der Waals surface area contributed by atoms with Crippen molar-refractivity contribution < 1.29 is 0 Å². The number of hydrogen-bond acceptors (Lipinski definition) is 4. The fourth-order valence-corrected chi connectivity index (χ4v) is 2.31. The molecular weight excluding hydrogens is 212 g/mol. The Labute approximate surface area is 102 Å². The molecule has 0 aromatic carbocycles. The van der Waals surface area contributed by atoms with Crippen LogP contribution < -0.4 is 4.90 Å². The van der Waals surface area contributed by atoms with Crippen LogP contribution in [0.15, 0.2) is 6.07 Å². The van der Waals surface area contributed by atoms with E-state index in [1.165, 1.54) is 12.8 Å². The van der Waals surface area contributed by atoms with Crippen LogP contribution in [0.1, 0.15) is 38.1 Å². The number of rotatable bonds is 1. The molecule has 1 aliphatic heterocycles. The van der Waals surface area contributed by atoms with Gasteiger partial charge in [-0.3, -0.25) is 0 Å². The molecule has 0 radical (unpaired) electrons. The van der Waals surface area contributed by atoms with E-state index in [9.17, 15) is 0 Å². The van der Waals surface area contributed by atoms with Crippen LogP contribution in [0.4, 0.5) is 5.95 Å². The van der Waals surface area contributed by atoms with Gasteiger partial charge in [-0.05, 0) is 38.7 Å². The molecule has 4 heteroatoms. The molecule has 1 aromatic rings. The van der Waals surface area contributed by atoms with Crippen molar-refractivity contribution in [3.63, 3.8) is 0 Å². The average molecular weight is 230 g/mol. The van der Waals surface area contributed by atoms with Gasteiger partial charge in [0.2, 0.25) is 5.95 Å². The summed E-state index contributed by atoms with van der Waals surface area (Å²) < 4.78 is 0. The zero-order chi connectivity index (χ0) is 12.4. The summed E-state index contributed by atoms with van der Waals surface area (Å²) in [5.74, 6) is 1.38. The zero-order valence-corrected chi connectivity index (χ0v) is 10.6. The summed E-state index contributed by atoms with van der Waals surface area (Å²) in [6.07, 6.45) is 2.43. The van der Waals surface area contributed by atoms with Crippen LogP contribution in [0, 0.1) is 24.2 Å². The lowest BCUT2D eigenvalue weighted by molar-refractivity contribution is 0.385. The number of aryl methyl sites for hydroxylation is 1. The Morgan fingerprint density at radius 3 is 2.82 bits per heavy atom. The number of anilines is 1. The van der Waals surface area contributed by atoms with E-state index in [2.05, 4.69) is 34.8 Å². The number of aromatic nitrogens is 2. The second-order valence-corrected chi connectivity index (χ2v) is 4.99. The van der Waals surface area contributed by atoms with Gasteiger partial charge in [-0.15, -0.1) is 0 Å². The van der Waals surface area contributed by atoms with Crippen molar-refractivity contribution in [3.05, 3.63) is 17.5 Å². The van der Waals surface area contributed by atoms with Crippen molar-refractivity contribution in [3.8, 4) is 6.07 Å². The van der Waals surface area contributed by atoms with Gasteiger partial charge in [-0.25, -0.2) is 9.97 Å². The lowest BCUT2D eigenvalue weighted by atomic mass is 9.95. The topological polar surface area (TPSA) is 52.8 Å². The maximum Gasteiger partial charge on any atom is 0.227 e. The van der Waals surface area contributed by atoms with Gasteiger partial charge in [-0.2, -0.15) is 5.26 Å². The first-order valence-corrected chi connectivity index (χ1v) is 6.12. The Hall–Kier alpha value is -1.63. The summed E-state index contributed by atoms with van der Waals surface area (Å²) in [6.45, 7) is 7.34. The van der Waals surface area contributed by atoms with Gasteiger partial charge < -0.3 is 4.90 Å². The molecule has 1 aliphatic rings. The van der Waals surface area contributed by atoms with Crippen LogP contribution in [-0.4, -0.2) is 22.6 Å². The molecule has 1 saturated heterocycles. The Balaban J connectivity index is 2.32. The van der Waals surface area contributed by atoms with Crippen molar-refractivity contribution in [1.29, 1.82) is 5.26 Å². The van der Waals surface area contributed by atoms with E-state index < -0.39 is 0 Å². The van der Waals surface area contributed by atoms with Gasteiger partial charge in [0, 0.05) is 18.3 Å². The van der Waals surface area contributed by atoms with Gasteiger partial charge in [0.25, 0.3) is 0 Å². The largest absolute Gasteiger partial charge is 0.338 e. The van der Waals surface area contributed by atoms with Crippen LogP contribution in [0.25, 0.3) is 0 Å². The molecule has 0 aliphatic carbocycles. The third-order valence-corrected chi connectivity index (χ3v) is 3.33. The van der Waals surface area contributed by atoms with E-state index in [4.69, 9.17) is 5.26 Å². The molecule has 2 atom stereocenters. The highest BCUT2D eigenvalue weighted by molar-refractivity contribution is 5.37. The van der Waals surface area contributed by atoms with E-state index >= 15 is 0 Å². The van der Waals surface area contributed by atoms with Crippen molar-refractivity contribution in [2.75, 3.05) is 11.4 Å². The number of nitrogens with zero attached hydrogens (tertiary/aromatic N) is 4. The second-order valence-electron chi connectivity index (χ2n) is 4.99. The Bertz CT molecular complexity index is 449. The molecule has 0 N–H and O–H groups in total. The third kappa shape index (κ3) is 2.55. The number of nitriles is 1. The highest BCUT2D eigenvalue weighted by atomic mass is 15.3. The maximum absolute atomic E-state index is 8.94. The van der Waals surface area contributed by atoms with Crippen molar-refractivity contribution in [1.82, 2.24) is 9.97 Å². The second kappa shape index (κ2) is 4.70. The first kappa shape index (κ1) is 11.8. The summed E-state index contributed by atoms with van der Waals surface area (Å²) in [7, 11) is 0. The van der Waals surface area contributed by atoms with Gasteiger partial charge in [0.1, 0.15) is 11.8 Å². The molecule has 2 unspecified atom stereocenters. The van der Waals surface area contributed by atoms with Crippen molar-refractivity contribution in [2.45, 2.75) is 39.7 Å². The van der Waals surface area contributed by atoms with Gasteiger partial charge in [0.15, 0.2) is 0 Å². The quantitative estimate of drug-likeness (QED) is 0.742. The summed E-state index contributed by atoms with van der Waals surface area (Å²) >= 11 is 0. The predicted octanol–water partition coefficient (Wildman–Crippen LogP) is 2.28. The molecule has 2 heterocycles. The smallest absolute Gasteiger partial charge is 0.227 e. The Morgan fingerprint density at radius 2 is 2.12 bits per heavy atom. The lowest BCUT2D eigenvalue weighted by Crippen LogP contribution is -2.42. The lowest BCUT2D eigenvalue weighted by Gasteiger charge is -2.36. The predicted molar refractivity (Wildman–Crippen MR) is 66.7 cm³/mol. The highest BCUT2D eigenvalue weighted by Crippen LogP contribution is 2.25. The molecule has 1 aromatic heterocycles. The van der Waals surface area contributed by atoms with Gasteiger partial charge in [0.05, 0.1) is 0 Å². The molecule has 4 nitrogen and oxygen atoms in total. The SMILES string of the molecule is Cc1cc(C#N)nc(N2CC(C)CCC2C)n1. The van der Waals surface area contributed by atoms with Crippen molar-refractivity contribution in [2.24, 2.45) is 5.92 Å². The molecular formula is C13H18N4. The molecule has 17 heavy (non-hydrogen) atoms. The fraction of sp³-hybridized carbons (Fsp3) is 0.615. The van der Waals surface area contributed by atoms with Crippen LogP contribution in [-0.2, 0) is 0 Å². The minimum Gasteiger partial charge on any atom is -0.338 e. The molecule has 1 fully saturated rings. The number of hydrogen-bond donors (Lipinski definition) is 0. The van der Waals surface area contributed by atoms with Crippen LogP contribution in [0.5, 0.6) is 0 Å². The molecule has 90 valence electrons. The summed E-state index contributed by atoms with van der Waals surface area (Å²) in [4.78, 5) is 11.0. The average Bonchev–Trinajstić information content (AvgIpc) is 2.31. The van der Waals surface area contributed by atoms with E-state index in [0.717, 1.165) is 12.2 Å². The fourth-order valence-electron chi connectivity index (χ4n) is 2.31. The van der Waals surface area contributed by atoms with E-state index in [1.807, 2.05) is 6.92 Å². The molecule has 0 saturated carbocycles. The minimum absolute atomic E-state index is 0.456. The molecule has 2 rings (SSSR count). The summed E-state index contributed by atoms with van der Waals surface area (Å²) in [5, 5.41) is 8.94. The summed E-state index contributed by atoms with van der Waals surface area (Å²) in [5.41, 5.74) is 1.31. The standard InChI is InChI=1S/C13H18N4/c1-9-4-5-11(3)17(8-9)13-15-10(2)6-12(7-14)16-13/h6,9,11H,4-5,8H2,1-3H3. The van der Waals surface area contributed by atoms with Crippen LogP contribution >= 0.6 is 0 Å². The Morgan fingerprint density at radius 1 is 1.35 bits per heavy atom. The number of piperidine rings is 1. The zero-order valence-electron chi connectivity index (χ0n) is 10.6. The monoisotopic (exact) mass is 230 g/mol. The van der Waals surface area contributed by atoms with Crippen LogP contribution in [0.3, 0.4) is 0 Å². The normalized spacial score (nSPS) is 24.5. The van der Waals surface area contributed by atoms with E-state index in [1.54, 1.807) is 6.07 Å². The first-order valence-electron chi connectivity index (χ1n) is 6.12. The molecule has 0 spiro atoms. The molecule has 0 bridgehead atoms.